The van der Waals surface area contributed by atoms with E-state index in [4.69, 9.17) is 0 Å². The van der Waals surface area contributed by atoms with Crippen molar-refractivity contribution in [3.05, 3.63) is 70.0 Å². The molecule has 4 rings (SSSR count). The third-order valence-corrected chi connectivity index (χ3v) is 7.61. The van der Waals surface area contributed by atoms with E-state index < -0.39 is 0 Å². The maximum atomic E-state index is 14.8. The summed E-state index contributed by atoms with van der Waals surface area (Å²) in [5, 5.41) is 0. The highest BCUT2D eigenvalue weighted by Crippen LogP contribution is 2.28. The predicted molar refractivity (Wildman–Crippen MR) is 133 cm³/mol. The lowest BCUT2D eigenvalue weighted by atomic mass is 9.95. The van der Waals surface area contributed by atoms with Crippen molar-refractivity contribution in [3.63, 3.8) is 0 Å². The quantitative estimate of drug-likeness (QED) is 0.578. The second-order valence-electron chi connectivity index (χ2n) is 10.3. The van der Waals surface area contributed by atoms with Gasteiger partial charge in [0, 0.05) is 56.5 Å². The molecule has 0 N–H and O–H groups in total. The number of halogens is 1. The van der Waals surface area contributed by atoms with Gasteiger partial charge in [-0.05, 0) is 56.4 Å². The first-order chi connectivity index (χ1) is 16.3. The summed E-state index contributed by atoms with van der Waals surface area (Å²) in [6, 6.07) is 11.4. The van der Waals surface area contributed by atoms with Crippen molar-refractivity contribution in [2.24, 2.45) is 5.92 Å². The molecule has 1 amide bonds. The molecule has 4 nitrogen and oxygen atoms in total. The van der Waals surface area contributed by atoms with Crippen LogP contribution >= 0.6 is 0 Å². The van der Waals surface area contributed by atoms with Gasteiger partial charge in [0.1, 0.15) is 11.6 Å². The average molecular weight is 465 g/mol. The zero-order valence-electron chi connectivity index (χ0n) is 20.8. The van der Waals surface area contributed by atoms with E-state index in [1.165, 1.54) is 6.07 Å². The van der Waals surface area contributed by atoms with Crippen molar-refractivity contribution in [3.8, 4) is 0 Å². The monoisotopic (exact) mass is 464 g/mol. The van der Waals surface area contributed by atoms with Gasteiger partial charge >= 0.3 is 0 Å². The molecular weight excluding hydrogens is 427 g/mol. The van der Waals surface area contributed by atoms with Crippen LogP contribution in [0.15, 0.2) is 36.4 Å². The van der Waals surface area contributed by atoms with Crippen LogP contribution < -0.4 is 0 Å². The number of nitrogens with zero attached hydrogens (tertiary/aromatic N) is 2. The second-order valence-corrected chi connectivity index (χ2v) is 10.3. The zero-order chi connectivity index (χ0) is 24.2. The topological polar surface area (TPSA) is 40.6 Å². The Morgan fingerprint density at radius 2 is 1.79 bits per heavy atom. The number of ketones is 1. The van der Waals surface area contributed by atoms with Crippen molar-refractivity contribution >= 4 is 11.7 Å². The highest BCUT2D eigenvalue weighted by molar-refractivity contribution is 5.83. The molecule has 2 fully saturated rings. The van der Waals surface area contributed by atoms with Crippen LogP contribution in [0.4, 0.5) is 4.39 Å². The van der Waals surface area contributed by atoms with E-state index in [1.807, 2.05) is 43.0 Å². The molecule has 1 saturated carbocycles. The summed E-state index contributed by atoms with van der Waals surface area (Å²) in [4.78, 5) is 29.9. The van der Waals surface area contributed by atoms with E-state index in [9.17, 15) is 14.0 Å². The van der Waals surface area contributed by atoms with Crippen molar-refractivity contribution < 1.29 is 14.0 Å². The summed E-state index contributed by atoms with van der Waals surface area (Å²) in [5.41, 5.74) is 4.60. The van der Waals surface area contributed by atoms with Gasteiger partial charge in [-0.1, -0.05) is 48.7 Å². The van der Waals surface area contributed by atoms with Gasteiger partial charge in [-0.15, -0.1) is 0 Å². The second kappa shape index (κ2) is 10.8. The summed E-state index contributed by atoms with van der Waals surface area (Å²) < 4.78 is 14.8. The molecule has 2 aromatic carbocycles. The summed E-state index contributed by atoms with van der Waals surface area (Å²) in [6.45, 7) is 8.75. The van der Waals surface area contributed by atoms with Gasteiger partial charge in [0.05, 0.1) is 0 Å². The molecule has 5 heteroatoms. The third-order valence-electron chi connectivity index (χ3n) is 7.61. The van der Waals surface area contributed by atoms with Gasteiger partial charge in [-0.25, -0.2) is 4.39 Å². The largest absolute Gasteiger partial charge is 0.337 e. The number of amides is 1. The molecule has 2 aromatic rings. The maximum absolute atomic E-state index is 14.8. The van der Waals surface area contributed by atoms with Crippen molar-refractivity contribution in [1.29, 1.82) is 0 Å². The van der Waals surface area contributed by atoms with Crippen LogP contribution in [-0.2, 0) is 29.0 Å². The number of benzene rings is 2. The van der Waals surface area contributed by atoms with Gasteiger partial charge in [0.2, 0.25) is 5.91 Å². The van der Waals surface area contributed by atoms with Crippen LogP contribution in [0.25, 0.3) is 0 Å². The Labute approximate surface area is 203 Å². The molecule has 1 heterocycles. The lowest BCUT2D eigenvalue weighted by Crippen LogP contribution is -2.54. The van der Waals surface area contributed by atoms with Crippen LogP contribution in [0, 0.1) is 25.6 Å². The number of aryl methyl sites for hydroxylation is 1. The Morgan fingerprint density at radius 3 is 2.50 bits per heavy atom. The molecule has 1 aliphatic heterocycles. The SMILES string of the molecule is Cc1cccc(CC(=O)Cc2ccc(F)c(CN3CCN(C(=O)C4CCCC4)[C@@H](C)C3)c2C)c1. The number of rotatable bonds is 7. The molecule has 34 heavy (non-hydrogen) atoms. The number of carbonyl (C=O) groups excluding carboxylic acids is 2. The summed E-state index contributed by atoms with van der Waals surface area (Å²) in [7, 11) is 0. The number of Topliss-reactive ketones (excluding diaryl/α,β-unsaturated/α-hetero) is 1. The lowest BCUT2D eigenvalue weighted by molar-refractivity contribution is -0.140. The number of hydrogen-bond donors (Lipinski definition) is 0. The van der Waals surface area contributed by atoms with Crippen LogP contribution in [0.1, 0.15) is 60.4 Å². The molecule has 1 atom stereocenters. The molecule has 1 saturated heterocycles. The van der Waals surface area contributed by atoms with Crippen molar-refractivity contribution in [2.45, 2.75) is 71.9 Å². The van der Waals surface area contributed by atoms with E-state index in [1.54, 1.807) is 6.07 Å². The van der Waals surface area contributed by atoms with E-state index in [0.29, 0.717) is 37.4 Å². The lowest BCUT2D eigenvalue weighted by Gasteiger charge is -2.41. The minimum absolute atomic E-state index is 0.129. The third kappa shape index (κ3) is 5.75. The molecular formula is C29H37FN2O2. The van der Waals surface area contributed by atoms with Crippen LogP contribution in [-0.4, -0.2) is 47.2 Å². The highest BCUT2D eigenvalue weighted by atomic mass is 19.1. The highest BCUT2D eigenvalue weighted by Gasteiger charge is 2.33. The Kier molecular flexibility index (Phi) is 7.82. The van der Waals surface area contributed by atoms with Crippen molar-refractivity contribution in [1.82, 2.24) is 9.80 Å². The summed E-state index contributed by atoms with van der Waals surface area (Å²) in [5.74, 6) is 0.423. The molecule has 1 aliphatic carbocycles. The fraction of sp³-hybridized carbons (Fsp3) is 0.517. The van der Waals surface area contributed by atoms with Gasteiger partial charge in [0.15, 0.2) is 0 Å². The standard InChI is InChI=1S/C29H37FN2O2/c1-20-7-6-8-23(15-20)16-26(33)17-25-11-12-28(30)27(22(25)3)19-31-13-14-32(21(2)18-31)29(34)24-9-4-5-10-24/h6-8,11-12,15,21,24H,4-5,9-10,13-14,16-19H2,1-3H3/t21-/m0/s1. The fourth-order valence-corrected chi connectivity index (χ4v) is 5.62. The average Bonchev–Trinajstić information content (AvgIpc) is 3.33. The number of hydrogen-bond acceptors (Lipinski definition) is 3. The van der Waals surface area contributed by atoms with Crippen LogP contribution in [0.2, 0.25) is 0 Å². The minimum Gasteiger partial charge on any atom is -0.337 e. The molecule has 182 valence electrons. The van der Waals surface area contributed by atoms with Crippen LogP contribution in [0.5, 0.6) is 0 Å². The first kappa shape index (κ1) is 24.6. The molecule has 2 aliphatic rings. The smallest absolute Gasteiger partial charge is 0.226 e. The van der Waals surface area contributed by atoms with E-state index in [-0.39, 0.29) is 23.6 Å². The fourth-order valence-electron chi connectivity index (χ4n) is 5.62. The van der Waals surface area contributed by atoms with E-state index in [2.05, 4.69) is 11.8 Å². The molecule has 0 bridgehead atoms. The zero-order valence-corrected chi connectivity index (χ0v) is 20.8. The summed E-state index contributed by atoms with van der Waals surface area (Å²) >= 11 is 0. The van der Waals surface area contributed by atoms with Crippen molar-refractivity contribution in [2.75, 3.05) is 19.6 Å². The number of piperazine rings is 1. The maximum Gasteiger partial charge on any atom is 0.226 e. The molecule has 0 aromatic heterocycles. The molecule has 0 unspecified atom stereocenters. The Balaban J connectivity index is 1.39. The predicted octanol–water partition coefficient (Wildman–Crippen LogP) is 5.02. The van der Waals surface area contributed by atoms with Gasteiger partial charge < -0.3 is 4.90 Å². The Hall–Kier alpha value is -2.53. The normalized spacial score (nSPS) is 19.5. The van der Waals surface area contributed by atoms with E-state index >= 15 is 0 Å². The number of carbonyl (C=O) groups is 2. The minimum atomic E-state index is -0.218. The van der Waals surface area contributed by atoms with Gasteiger partial charge in [-0.2, -0.15) is 0 Å². The van der Waals surface area contributed by atoms with Gasteiger partial charge in [-0.3, -0.25) is 14.5 Å². The summed E-state index contributed by atoms with van der Waals surface area (Å²) in [6.07, 6.45) is 5.06. The molecule has 0 radical (unpaired) electrons. The first-order valence-corrected chi connectivity index (χ1v) is 12.7. The Morgan fingerprint density at radius 1 is 1.03 bits per heavy atom. The first-order valence-electron chi connectivity index (χ1n) is 12.7. The molecule has 0 spiro atoms. The van der Waals surface area contributed by atoms with E-state index in [0.717, 1.165) is 61.0 Å². The van der Waals surface area contributed by atoms with Gasteiger partial charge in [0.25, 0.3) is 0 Å². The Bertz CT molecular complexity index is 1040. The van der Waals surface area contributed by atoms with Crippen LogP contribution in [0.3, 0.4) is 0 Å².